The van der Waals surface area contributed by atoms with Gasteiger partial charge in [0.15, 0.2) is 11.9 Å². The molecular formula is C72H109N19O30P2. The molecule has 3 aromatic carbocycles. The lowest BCUT2D eigenvalue weighted by molar-refractivity contribution is -0.143. The molecule has 0 aliphatic carbocycles. The third-order valence-corrected chi connectivity index (χ3v) is 19.1. The maximum absolute atomic E-state index is 15.0. The molecule has 0 bridgehead atoms. The van der Waals surface area contributed by atoms with Crippen LogP contribution in [-0.2, 0) is 100 Å². The summed E-state index contributed by atoms with van der Waals surface area (Å²) in [6, 6.07) is -8.99. The Bertz CT molecular complexity index is 4250. The SMILES string of the molecule is CC[C@H](C)[C@H](NC(=O)[C@H](CC(=O)O)NC(=O)[C@H](CCCNC(=N)N)NC(=O)[C@@H](N)[C@@H](C)O)C(=O)N[C@@H](Cc1ccc(OP(=O)(O)O)cc1)C(=O)N[C@@H](CCC(=O)O)C(=O)N[C@H](C(=O)N[C@@H](CC(=O)O)C(=O)N[C@@H](Cc1ccc(OP(=O)(O)O)cc1)C(=O)N[C@@H](Cc1ccc(O)cc1)C(=O)N[C@@H](CCCNC(=N)N)C(=O)N[C@@H](CCCCN)C(=O)O)[C@@H](C)O. The van der Waals surface area contributed by atoms with Crippen molar-refractivity contribution in [1.29, 1.82) is 10.8 Å². The quantitative estimate of drug-likeness (QED) is 0.0108. The van der Waals surface area contributed by atoms with Crippen LogP contribution in [0.5, 0.6) is 17.2 Å². The van der Waals surface area contributed by atoms with E-state index < -0.39 is 263 Å². The highest BCUT2D eigenvalue weighted by molar-refractivity contribution is 7.47. The number of phosphoric ester groups is 2. The molecule has 0 aliphatic rings. The number of nitrogens with one attached hydrogen (secondary N) is 15. The first-order chi connectivity index (χ1) is 57.5. The first-order valence-corrected chi connectivity index (χ1v) is 41.2. The Labute approximate surface area is 703 Å². The van der Waals surface area contributed by atoms with Gasteiger partial charge in [-0.25, -0.2) is 13.9 Å². The fraction of sp³-hybridized carbons (Fsp3) is 0.514. The summed E-state index contributed by atoms with van der Waals surface area (Å²) in [5.41, 5.74) is 22.4. The second kappa shape index (κ2) is 51.5. The number of carbonyl (C=O) groups excluding carboxylic acids is 11. The molecule has 682 valence electrons. The van der Waals surface area contributed by atoms with Crippen LogP contribution in [0.2, 0.25) is 0 Å². The Morgan fingerprint density at radius 1 is 0.407 bits per heavy atom. The molecule has 0 heterocycles. The van der Waals surface area contributed by atoms with Gasteiger partial charge in [-0.05, 0) is 131 Å². The third kappa shape index (κ3) is 40.4. The lowest BCUT2D eigenvalue weighted by Gasteiger charge is -2.30. The van der Waals surface area contributed by atoms with Gasteiger partial charge in [0, 0.05) is 38.8 Å². The second-order valence-corrected chi connectivity index (χ2v) is 30.7. The van der Waals surface area contributed by atoms with Gasteiger partial charge in [0.25, 0.3) is 0 Å². The van der Waals surface area contributed by atoms with Crippen molar-refractivity contribution in [2.45, 2.75) is 209 Å². The molecular weight excluding hydrogens is 1670 g/mol. The average molecular weight is 1780 g/mol. The van der Waals surface area contributed by atoms with Crippen LogP contribution in [-0.4, -0.2) is 260 Å². The number of aromatic hydroxyl groups is 1. The van der Waals surface area contributed by atoms with Gasteiger partial charge < -0.3 is 137 Å². The highest BCUT2D eigenvalue weighted by atomic mass is 31.2. The number of unbranched alkanes of at least 4 members (excludes halogenated alkanes) is 1. The van der Waals surface area contributed by atoms with Crippen LogP contribution in [0.4, 0.5) is 0 Å². The number of phenolic OH excluding ortho intramolecular Hbond substituents is 1. The maximum atomic E-state index is 15.0. The minimum Gasteiger partial charge on any atom is -0.508 e. The first kappa shape index (κ1) is 105. The molecule has 0 aliphatic heterocycles. The Hall–Kier alpha value is -12.2. The third-order valence-electron chi connectivity index (χ3n) is 18.2. The number of hydrogen-bond donors (Lipinski definition) is 30. The van der Waals surface area contributed by atoms with Crippen LogP contribution in [0.15, 0.2) is 72.8 Å². The van der Waals surface area contributed by atoms with Gasteiger partial charge in [-0.3, -0.25) is 97.5 Å². The molecule has 0 aromatic heterocycles. The summed E-state index contributed by atoms with van der Waals surface area (Å²) >= 11 is 0. The summed E-state index contributed by atoms with van der Waals surface area (Å²) in [7, 11) is -10.4. The summed E-state index contributed by atoms with van der Waals surface area (Å²) in [5, 5.41) is 117. The van der Waals surface area contributed by atoms with E-state index in [1.54, 1.807) is 0 Å². The molecule has 0 saturated carbocycles. The van der Waals surface area contributed by atoms with Crippen molar-refractivity contribution in [3.8, 4) is 17.2 Å². The lowest BCUT2D eigenvalue weighted by Crippen LogP contribution is -2.63. The molecule has 123 heavy (non-hydrogen) atoms. The number of carboxylic acids is 4. The normalized spacial score (nSPS) is 15.0. The van der Waals surface area contributed by atoms with E-state index >= 15 is 0 Å². The summed E-state index contributed by atoms with van der Waals surface area (Å²) in [4.78, 5) is 246. The number of phosphoric acid groups is 2. The van der Waals surface area contributed by atoms with Crippen LogP contribution in [0.3, 0.4) is 0 Å². The van der Waals surface area contributed by atoms with E-state index in [9.17, 15) is 136 Å². The molecule has 0 unspecified atom stereocenters. The molecule has 15 atom stereocenters. The number of aliphatic hydroxyl groups is 2. The Morgan fingerprint density at radius 2 is 0.724 bits per heavy atom. The molecule has 0 fully saturated rings. The number of aliphatic hydroxyl groups excluding tert-OH is 2. The molecule has 51 heteroatoms. The molecule has 0 spiro atoms. The van der Waals surface area contributed by atoms with Crippen LogP contribution in [0.1, 0.15) is 121 Å². The van der Waals surface area contributed by atoms with Gasteiger partial charge in [0.2, 0.25) is 65.0 Å². The van der Waals surface area contributed by atoms with Crippen LogP contribution < -0.4 is 101 Å². The molecule has 0 saturated heterocycles. The molecule has 49 nitrogen and oxygen atoms in total. The minimum atomic E-state index is -5.18. The van der Waals surface area contributed by atoms with Crippen LogP contribution in [0, 0.1) is 16.7 Å². The van der Waals surface area contributed by atoms with E-state index in [0.29, 0.717) is 6.42 Å². The first-order valence-electron chi connectivity index (χ1n) is 38.2. The fourth-order valence-corrected chi connectivity index (χ4v) is 12.3. The zero-order valence-corrected chi connectivity index (χ0v) is 69.0. The molecule has 0 radical (unpaired) electrons. The summed E-state index contributed by atoms with van der Waals surface area (Å²) in [6.07, 6.45) is -9.78. The largest absolute Gasteiger partial charge is 0.524 e. The molecule has 11 amide bonds. The minimum absolute atomic E-state index is 0.00125. The van der Waals surface area contributed by atoms with E-state index in [1.807, 2.05) is 0 Å². The smallest absolute Gasteiger partial charge is 0.508 e. The number of benzene rings is 3. The van der Waals surface area contributed by atoms with Gasteiger partial charge >= 0.3 is 39.5 Å². The van der Waals surface area contributed by atoms with Crippen LogP contribution in [0.25, 0.3) is 0 Å². The van der Waals surface area contributed by atoms with Gasteiger partial charge in [0.05, 0.1) is 25.0 Å². The lowest BCUT2D eigenvalue weighted by atomic mass is 9.96. The van der Waals surface area contributed by atoms with E-state index in [-0.39, 0.29) is 87.0 Å². The highest BCUT2D eigenvalue weighted by Crippen LogP contribution is 2.38. The standard InChI is InChI=1S/C72H109N19O30P2/c1-5-35(2)57(90-66(108)52(34-55(99)100)87-60(102)45(12-9-29-80-72(77)78)83-67(109)56(74)36(3)92)68(110)88-50(32-40-17-23-43(24-18-40)121-123(117,118)119)63(105)82-46(25-26-53(95)96)61(103)91-58(37(4)93)69(111)89-51(33-54(97)98)65(107)86-49(31-39-15-21-42(22-16-39)120-122(114,115)116)64(106)85-48(30-38-13-19-41(94)20-14-38)62(104)81-44(11-8-28-79-71(75)76)59(101)84-47(70(112)113)10-6-7-27-73/h13-24,35-37,44-52,56-58,92-94H,5-12,25-34,73-74H2,1-4H3,(H,81,104)(H,82,105)(H,83,109)(H,84,101)(H,85,106)(H,86,107)(H,87,102)(H,88,110)(H,89,111)(H,90,108)(H,91,103)(H,95,96)(H,97,98)(H,99,100)(H,112,113)(H4,75,76,79)(H4,77,78,80)(H2,114,115,116)(H2,117,118,119)/t35-,36+,37+,44-,45-,46-,47-,48-,49-,50-,51-,52-,56-,57-,58-/m0/s1. The van der Waals surface area contributed by atoms with Gasteiger partial charge in [-0.1, -0.05) is 56.7 Å². The van der Waals surface area contributed by atoms with E-state index in [0.717, 1.165) is 55.5 Å². The predicted octanol–water partition coefficient (Wildman–Crippen LogP) is -6.61. The fourth-order valence-electron chi connectivity index (χ4n) is 11.5. The van der Waals surface area contributed by atoms with Crippen molar-refractivity contribution in [2.24, 2.45) is 28.9 Å². The van der Waals surface area contributed by atoms with E-state index in [2.05, 4.69) is 78.2 Å². The van der Waals surface area contributed by atoms with Gasteiger partial charge in [-0.15, -0.1) is 0 Å². The number of amides is 11. The number of hydrogen-bond acceptors (Lipinski definition) is 26. The number of rotatable bonds is 56. The summed E-state index contributed by atoms with van der Waals surface area (Å²) in [5.74, 6) is -23.9. The molecule has 3 rings (SSSR count). The van der Waals surface area contributed by atoms with Crippen molar-refractivity contribution in [3.05, 3.63) is 89.5 Å². The van der Waals surface area contributed by atoms with Crippen molar-refractivity contribution in [2.75, 3.05) is 19.6 Å². The second-order valence-electron chi connectivity index (χ2n) is 28.4. The van der Waals surface area contributed by atoms with Crippen LogP contribution >= 0.6 is 15.6 Å². The van der Waals surface area contributed by atoms with Crippen molar-refractivity contribution in [3.63, 3.8) is 0 Å². The average Bonchev–Trinajstić information content (AvgIpc) is 0.840. The zero-order valence-electron chi connectivity index (χ0n) is 67.2. The van der Waals surface area contributed by atoms with Gasteiger partial charge in [0.1, 0.15) is 89.8 Å². The highest BCUT2D eigenvalue weighted by Gasteiger charge is 2.40. The summed E-state index contributed by atoms with van der Waals surface area (Å²) in [6.45, 7) is 5.10. The monoisotopic (exact) mass is 1780 g/mol. The summed E-state index contributed by atoms with van der Waals surface area (Å²) < 4.78 is 32.7. The number of nitrogens with two attached hydrogens (primary N) is 4. The predicted molar refractivity (Wildman–Crippen MR) is 430 cm³/mol. The Kier molecular flexibility index (Phi) is 44.0. The number of carboxylic acid groups (broad SMARTS) is 4. The van der Waals surface area contributed by atoms with E-state index in [4.69, 9.17) is 33.8 Å². The number of guanidine groups is 2. The molecule has 34 N–H and O–H groups in total. The Balaban J connectivity index is 2.17. The zero-order chi connectivity index (χ0) is 92.8. The number of carbonyl (C=O) groups is 15. The van der Waals surface area contributed by atoms with Crippen molar-refractivity contribution in [1.82, 2.24) is 69.1 Å². The number of phenols is 1. The topological polar surface area (TPSA) is 839 Å². The maximum Gasteiger partial charge on any atom is 0.524 e. The molecule has 3 aromatic rings. The van der Waals surface area contributed by atoms with Gasteiger partial charge in [-0.2, -0.15) is 0 Å². The number of aliphatic carboxylic acids is 4. The van der Waals surface area contributed by atoms with Crippen molar-refractivity contribution < 1.29 is 145 Å². The van der Waals surface area contributed by atoms with E-state index in [1.165, 1.54) is 45.0 Å². The Morgan fingerprint density at radius 3 is 1.09 bits per heavy atom. The van der Waals surface area contributed by atoms with Crippen molar-refractivity contribution >= 4 is 116 Å².